The van der Waals surface area contributed by atoms with E-state index in [4.69, 9.17) is 0 Å². The Morgan fingerprint density at radius 1 is 1.04 bits per heavy atom. The highest BCUT2D eigenvalue weighted by molar-refractivity contribution is 5.88. The van der Waals surface area contributed by atoms with E-state index in [1.807, 2.05) is 12.1 Å². The predicted molar refractivity (Wildman–Crippen MR) is 90.5 cm³/mol. The zero-order valence-electron chi connectivity index (χ0n) is 13.0. The largest absolute Gasteiger partial charge is 0.369 e. The summed E-state index contributed by atoms with van der Waals surface area (Å²) in [6, 6.07) is 14.1. The molecule has 3 N–H and O–H groups in total. The Balaban J connectivity index is 1.37. The SMILES string of the molecule is O=C(Nc1ccc(NCCCc2ccccc2)nn1)NC1CC1. The molecule has 1 aromatic carbocycles. The minimum Gasteiger partial charge on any atom is -0.369 e. The van der Waals surface area contributed by atoms with Crippen LogP contribution in [0.5, 0.6) is 0 Å². The van der Waals surface area contributed by atoms with E-state index in [2.05, 4.69) is 50.4 Å². The summed E-state index contributed by atoms with van der Waals surface area (Å²) in [4.78, 5) is 11.6. The maximum atomic E-state index is 11.6. The monoisotopic (exact) mass is 311 g/mol. The average molecular weight is 311 g/mol. The Morgan fingerprint density at radius 2 is 1.78 bits per heavy atom. The van der Waals surface area contributed by atoms with Crippen molar-refractivity contribution in [1.82, 2.24) is 15.5 Å². The van der Waals surface area contributed by atoms with E-state index in [1.165, 1.54) is 5.56 Å². The standard InChI is InChI=1S/C17H21N5O/c23-17(19-14-8-9-14)20-16-11-10-15(21-22-16)18-12-4-7-13-5-2-1-3-6-13/h1-3,5-6,10-11,14H,4,7-9,12H2,(H,18,21)(H2,19,20,22,23). The number of rotatable bonds is 7. The van der Waals surface area contributed by atoms with Crippen LogP contribution in [0.2, 0.25) is 0 Å². The molecule has 1 aliphatic carbocycles. The van der Waals surface area contributed by atoms with E-state index in [1.54, 1.807) is 6.07 Å². The fourth-order valence-corrected chi connectivity index (χ4v) is 2.21. The van der Waals surface area contributed by atoms with Gasteiger partial charge in [-0.05, 0) is 43.4 Å². The first-order chi connectivity index (χ1) is 11.3. The minimum absolute atomic E-state index is 0.217. The summed E-state index contributed by atoms with van der Waals surface area (Å²) in [6.45, 7) is 0.832. The molecule has 0 unspecified atom stereocenters. The Labute approximate surface area is 135 Å². The van der Waals surface area contributed by atoms with Crippen molar-refractivity contribution in [2.45, 2.75) is 31.7 Å². The fourth-order valence-electron chi connectivity index (χ4n) is 2.21. The summed E-state index contributed by atoms with van der Waals surface area (Å²) in [5.41, 5.74) is 1.33. The fraction of sp³-hybridized carbons (Fsp3) is 0.353. The highest BCUT2D eigenvalue weighted by atomic mass is 16.2. The van der Waals surface area contributed by atoms with E-state index >= 15 is 0 Å². The van der Waals surface area contributed by atoms with Gasteiger partial charge in [0.15, 0.2) is 5.82 Å². The van der Waals surface area contributed by atoms with E-state index in [0.29, 0.717) is 17.7 Å². The van der Waals surface area contributed by atoms with Gasteiger partial charge in [0.2, 0.25) is 0 Å². The van der Waals surface area contributed by atoms with Crippen molar-refractivity contribution in [3.63, 3.8) is 0 Å². The smallest absolute Gasteiger partial charge is 0.320 e. The van der Waals surface area contributed by atoms with Crippen molar-refractivity contribution in [3.8, 4) is 0 Å². The molecule has 1 saturated carbocycles. The summed E-state index contributed by atoms with van der Waals surface area (Å²) >= 11 is 0. The van der Waals surface area contributed by atoms with Gasteiger partial charge in [0.05, 0.1) is 0 Å². The molecule has 0 atom stereocenters. The highest BCUT2D eigenvalue weighted by Gasteiger charge is 2.23. The average Bonchev–Trinajstić information content (AvgIpc) is 3.38. The van der Waals surface area contributed by atoms with Gasteiger partial charge >= 0.3 is 6.03 Å². The lowest BCUT2D eigenvalue weighted by Crippen LogP contribution is -2.30. The van der Waals surface area contributed by atoms with Crippen LogP contribution in [0, 0.1) is 0 Å². The first kappa shape index (κ1) is 15.3. The van der Waals surface area contributed by atoms with Crippen molar-refractivity contribution < 1.29 is 4.79 Å². The van der Waals surface area contributed by atoms with Crippen LogP contribution in [0.25, 0.3) is 0 Å². The summed E-state index contributed by atoms with van der Waals surface area (Å²) in [5.74, 6) is 1.17. The van der Waals surface area contributed by atoms with Gasteiger partial charge in [-0.3, -0.25) is 5.32 Å². The van der Waals surface area contributed by atoms with Gasteiger partial charge in [0, 0.05) is 12.6 Å². The van der Waals surface area contributed by atoms with E-state index in [0.717, 1.165) is 32.2 Å². The second kappa shape index (κ2) is 7.58. The number of nitrogens with zero attached hydrogens (tertiary/aromatic N) is 2. The van der Waals surface area contributed by atoms with E-state index in [-0.39, 0.29) is 6.03 Å². The Kier molecular flexibility index (Phi) is 5.03. The molecule has 6 nitrogen and oxygen atoms in total. The number of urea groups is 1. The Morgan fingerprint density at radius 3 is 2.48 bits per heavy atom. The molecule has 0 spiro atoms. The second-order valence-electron chi connectivity index (χ2n) is 5.69. The molecule has 0 radical (unpaired) electrons. The molecule has 3 rings (SSSR count). The number of aromatic nitrogens is 2. The van der Waals surface area contributed by atoms with Crippen LogP contribution in [-0.4, -0.2) is 28.8 Å². The number of anilines is 2. The third-order valence-corrected chi connectivity index (χ3v) is 3.61. The molecular weight excluding hydrogens is 290 g/mol. The number of hydrogen-bond donors (Lipinski definition) is 3. The van der Waals surface area contributed by atoms with Crippen molar-refractivity contribution in [2.75, 3.05) is 17.2 Å². The maximum Gasteiger partial charge on any atom is 0.320 e. The normalized spacial score (nSPS) is 13.4. The van der Waals surface area contributed by atoms with Crippen LogP contribution in [0.15, 0.2) is 42.5 Å². The van der Waals surface area contributed by atoms with Gasteiger partial charge in [-0.2, -0.15) is 0 Å². The van der Waals surface area contributed by atoms with Crippen LogP contribution in [-0.2, 0) is 6.42 Å². The molecule has 2 amide bonds. The first-order valence-corrected chi connectivity index (χ1v) is 7.98. The van der Waals surface area contributed by atoms with Crippen molar-refractivity contribution in [1.29, 1.82) is 0 Å². The lowest BCUT2D eigenvalue weighted by atomic mass is 10.1. The van der Waals surface area contributed by atoms with Crippen LogP contribution in [0.3, 0.4) is 0 Å². The predicted octanol–water partition coefficient (Wildman–Crippen LogP) is 2.81. The molecule has 0 aliphatic heterocycles. The molecule has 0 bridgehead atoms. The van der Waals surface area contributed by atoms with Gasteiger partial charge in [-0.15, -0.1) is 10.2 Å². The zero-order valence-corrected chi connectivity index (χ0v) is 13.0. The summed E-state index contributed by atoms with van der Waals surface area (Å²) in [7, 11) is 0. The van der Waals surface area contributed by atoms with Crippen molar-refractivity contribution in [2.24, 2.45) is 0 Å². The number of amides is 2. The quantitative estimate of drug-likeness (QED) is 0.687. The second-order valence-corrected chi connectivity index (χ2v) is 5.69. The number of benzene rings is 1. The third-order valence-electron chi connectivity index (χ3n) is 3.61. The highest BCUT2D eigenvalue weighted by Crippen LogP contribution is 2.18. The molecular formula is C17H21N5O. The molecule has 0 saturated heterocycles. The molecule has 1 fully saturated rings. The van der Waals surface area contributed by atoms with E-state index < -0.39 is 0 Å². The molecule has 1 aliphatic rings. The zero-order chi connectivity index (χ0) is 15.9. The topological polar surface area (TPSA) is 78.9 Å². The molecule has 2 aromatic rings. The third kappa shape index (κ3) is 5.25. The van der Waals surface area contributed by atoms with Crippen molar-refractivity contribution >= 4 is 17.7 Å². The van der Waals surface area contributed by atoms with Gasteiger partial charge in [0.25, 0.3) is 0 Å². The minimum atomic E-state index is -0.217. The lowest BCUT2D eigenvalue weighted by molar-refractivity contribution is 0.251. The summed E-state index contributed by atoms with van der Waals surface area (Å²) in [6.07, 6.45) is 4.17. The van der Waals surface area contributed by atoms with Crippen LogP contribution in [0.1, 0.15) is 24.8 Å². The van der Waals surface area contributed by atoms with Crippen LogP contribution >= 0.6 is 0 Å². The first-order valence-electron chi connectivity index (χ1n) is 7.98. The Bertz CT molecular complexity index is 625. The maximum absolute atomic E-state index is 11.6. The summed E-state index contributed by atoms with van der Waals surface area (Å²) < 4.78 is 0. The Hall–Kier alpha value is -2.63. The molecule has 6 heteroatoms. The molecule has 1 aromatic heterocycles. The lowest BCUT2D eigenvalue weighted by Gasteiger charge is -2.07. The molecule has 1 heterocycles. The van der Waals surface area contributed by atoms with Crippen LogP contribution < -0.4 is 16.0 Å². The summed E-state index contributed by atoms with van der Waals surface area (Å²) in [5, 5.41) is 16.8. The number of hydrogen-bond acceptors (Lipinski definition) is 4. The van der Waals surface area contributed by atoms with Gasteiger partial charge < -0.3 is 10.6 Å². The van der Waals surface area contributed by atoms with E-state index in [9.17, 15) is 4.79 Å². The van der Waals surface area contributed by atoms with Gasteiger partial charge in [0.1, 0.15) is 5.82 Å². The molecule has 23 heavy (non-hydrogen) atoms. The number of aryl methyl sites for hydroxylation is 1. The van der Waals surface area contributed by atoms with Crippen LogP contribution in [0.4, 0.5) is 16.4 Å². The number of carbonyl (C=O) groups is 1. The van der Waals surface area contributed by atoms with Gasteiger partial charge in [-0.25, -0.2) is 4.79 Å². The molecule has 120 valence electrons. The number of carbonyl (C=O) groups excluding carboxylic acids is 1. The van der Waals surface area contributed by atoms with Gasteiger partial charge in [-0.1, -0.05) is 30.3 Å². The number of nitrogens with one attached hydrogen (secondary N) is 3. The van der Waals surface area contributed by atoms with Crippen molar-refractivity contribution in [3.05, 3.63) is 48.0 Å².